The molecule has 0 bridgehead atoms. The first-order valence-corrected chi connectivity index (χ1v) is 5.80. The summed E-state index contributed by atoms with van der Waals surface area (Å²) in [5.41, 5.74) is 3.68. The Morgan fingerprint density at radius 3 is 1.56 bits per heavy atom. The summed E-state index contributed by atoms with van der Waals surface area (Å²) in [7, 11) is 0. The number of benzene rings is 2. The van der Waals surface area contributed by atoms with Crippen LogP contribution < -0.4 is 0 Å². The average molecular weight is 232 g/mol. The van der Waals surface area contributed by atoms with Crippen molar-refractivity contribution in [2.75, 3.05) is 0 Å². The van der Waals surface area contributed by atoms with Gasteiger partial charge < -0.3 is 0 Å². The third-order valence-electron chi connectivity index (χ3n) is 2.81. The lowest BCUT2D eigenvalue weighted by atomic mass is 10.0. The van der Waals surface area contributed by atoms with E-state index >= 15 is 0 Å². The summed E-state index contributed by atoms with van der Waals surface area (Å²) in [4.78, 5) is 0. The van der Waals surface area contributed by atoms with Crippen LogP contribution in [0.2, 0.25) is 0 Å². The Morgan fingerprint density at radius 1 is 0.722 bits per heavy atom. The minimum Gasteiger partial charge on any atom is -0.192 e. The molecule has 0 aliphatic carbocycles. The van der Waals surface area contributed by atoms with Gasteiger partial charge in [-0.1, -0.05) is 24.3 Å². The molecule has 2 rings (SSSR count). The first-order chi connectivity index (χ1) is 8.81. The van der Waals surface area contributed by atoms with Gasteiger partial charge in [0.05, 0.1) is 23.3 Å². The second-order valence-electron chi connectivity index (χ2n) is 4.12. The van der Waals surface area contributed by atoms with Crippen molar-refractivity contribution < 1.29 is 0 Å². The molecule has 2 heteroatoms. The molecule has 18 heavy (non-hydrogen) atoms. The van der Waals surface area contributed by atoms with Crippen LogP contribution in [0.1, 0.15) is 22.3 Å². The summed E-state index contributed by atoms with van der Waals surface area (Å²) >= 11 is 0. The van der Waals surface area contributed by atoms with Crippen molar-refractivity contribution in [1.82, 2.24) is 0 Å². The van der Waals surface area contributed by atoms with Crippen molar-refractivity contribution in [3.8, 4) is 12.1 Å². The van der Waals surface area contributed by atoms with Crippen LogP contribution in [0.3, 0.4) is 0 Å². The summed E-state index contributed by atoms with van der Waals surface area (Å²) in [6.45, 7) is 0. The fourth-order valence-corrected chi connectivity index (χ4v) is 1.88. The number of hydrogen-bond acceptors (Lipinski definition) is 2. The summed E-state index contributed by atoms with van der Waals surface area (Å²) < 4.78 is 0. The van der Waals surface area contributed by atoms with Crippen LogP contribution in [-0.2, 0) is 12.8 Å². The van der Waals surface area contributed by atoms with Gasteiger partial charge in [0.25, 0.3) is 0 Å². The smallest absolute Gasteiger partial charge is 0.0991 e. The number of rotatable bonds is 3. The SMILES string of the molecule is N#Cc1cccc(CCc2cccc(C#N)c2)c1. The highest BCUT2D eigenvalue weighted by atomic mass is 14.2. The van der Waals surface area contributed by atoms with Gasteiger partial charge in [0.15, 0.2) is 0 Å². The Bertz CT molecular complexity index is 573. The molecule has 0 heterocycles. The highest BCUT2D eigenvalue weighted by Gasteiger charge is 1.99. The second kappa shape index (κ2) is 5.66. The fourth-order valence-electron chi connectivity index (χ4n) is 1.88. The summed E-state index contributed by atoms with van der Waals surface area (Å²) in [6.07, 6.45) is 1.76. The zero-order valence-electron chi connectivity index (χ0n) is 9.93. The third kappa shape index (κ3) is 2.97. The van der Waals surface area contributed by atoms with Crippen LogP contribution >= 0.6 is 0 Å². The molecule has 0 saturated carbocycles. The van der Waals surface area contributed by atoms with Crippen LogP contribution in [0.5, 0.6) is 0 Å². The van der Waals surface area contributed by atoms with Gasteiger partial charge in [-0.05, 0) is 48.2 Å². The average Bonchev–Trinajstić information content (AvgIpc) is 2.45. The minimum absolute atomic E-state index is 0.693. The second-order valence-corrected chi connectivity index (χ2v) is 4.12. The Hall–Kier alpha value is -2.58. The fraction of sp³-hybridized carbons (Fsp3) is 0.125. The number of hydrogen-bond donors (Lipinski definition) is 0. The molecule has 2 aromatic rings. The standard InChI is InChI=1S/C16H12N2/c17-11-15-5-1-3-13(9-15)7-8-14-4-2-6-16(10-14)12-18/h1-6,9-10H,7-8H2. The largest absolute Gasteiger partial charge is 0.192 e. The zero-order valence-corrected chi connectivity index (χ0v) is 9.93. The summed E-state index contributed by atoms with van der Waals surface area (Å²) in [5.74, 6) is 0. The zero-order chi connectivity index (χ0) is 12.8. The van der Waals surface area contributed by atoms with Crippen LogP contribution in [0.15, 0.2) is 48.5 Å². The van der Waals surface area contributed by atoms with E-state index in [1.165, 1.54) is 0 Å². The van der Waals surface area contributed by atoms with E-state index < -0.39 is 0 Å². The summed E-state index contributed by atoms with van der Waals surface area (Å²) in [6, 6.07) is 19.6. The number of nitrogens with zero attached hydrogens (tertiary/aromatic N) is 2. The monoisotopic (exact) mass is 232 g/mol. The Kier molecular flexibility index (Phi) is 3.74. The highest BCUT2D eigenvalue weighted by Crippen LogP contribution is 2.10. The number of nitriles is 2. The van der Waals surface area contributed by atoms with Gasteiger partial charge in [-0.2, -0.15) is 10.5 Å². The Morgan fingerprint density at radius 2 is 1.17 bits per heavy atom. The van der Waals surface area contributed by atoms with Crippen LogP contribution in [0.4, 0.5) is 0 Å². The highest BCUT2D eigenvalue weighted by molar-refractivity contribution is 5.35. The lowest BCUT2D eigenvalue weighted by Crippen LogP contribution is -1.92. The Labute approximate surface area is 107 Å². The molecule has 0 atom stereocenters. The molecule has 2 nitrogen and oxygen atoms in total. The molecule has 0 spiro atoms. The first-order valence-electron chi connectivity index (χ1n) is 5.80. The van der Waals surface area contributed by atoms with E-state index in [9.17, 15) is 0 Å². The van der Waals surface area contributed by atoms with E-state index in [1.54, 1.807) is 12.1 Å². The first kappa shape index (κ1) is 11.9. The Balaban J connectivity index is 2.07. The molecule has 0 aromatic heterocycles. The van der Waals surface area contributed by atoms with Crippen molar-refractivity contribution in [3.05, 3.63) is 70.8 Å². The van der Waals surface area contributed by atoms with E-state index in [0.29, 0.717) is 11.1 Å². The maximum Gasteiger partial charge on any atom is 0.0991 e. The molecule has 86 valence electrons. The van der Waals surface area contributed by atoms with Gasteiger partial charge >= 0.3 is 0 Å². The molecule has 0 radical (unpaired) electrons. The topological polar surface area (TPSA) is 47.6 Å². The van der Waals surface area contributed by atoms with E-state index in [2.05, 4.69) is 12.1 Å². The molecule has 0 amide bonds. The van der Waals surface area contributed by atoms with Crippen molar-refractivity contribution in [2.24, 2.45) is 0 Å². The van der Waals surface area contributed by atoms with Gasteiger partial charge in [-0.25, -0.2) is 0 Å². The quantitative estimate of drug-likeness (QED) is 0.815. The van der Waals surface area contributed by atoms with Crippen molar-refractivity contribution >= 4 is 0 Å². The molecular weight excluding hydrogens is 220 g/mol. The van der Waals surface area contributed by atoms with Crippen LogP contribution in [0.25, 0.3) is 0 Å². The molecule has 2 aromatic carbocycles. The van der Waals surface area contributed by atoms with Crippen LogP contribution in [0, 0.1) is 22.7 Å². The lowest BCUT2D eigenvalue weighted by molar-refractivity contribution is 0.958. The molecule has 0 unspecified atom stereocenters. The molecule has 0 N–H and O–H groups in total. The lowest BCUT2D eigenvalue weighted by Gasteiger charge is -2.03. The van der Waals surface area contributed by atoms with Gasteiger partial charge in [0.1, 0.15) is 0 Å². The maximum atomic E-state index is 8.83. The summed E-state index contributed by atoms with van der Waals surface area (Å²) in [5, 5.41) is 17.7. The van der Waals surface area contributed by atoms with Gasteiger partial charge in [0.2, 0.25) is 0 Å². The van der Waals surface area contributed by atoms with Gasteiger partial charge in [-0.3, -0.25) is 0 Å². The van der Waals surface area contributed by atoms with Crippen molar-refractivity contribution in [3.63, 3.8) is 0 Å². The molecule has 0 aliphatic rings. The van der Waals surface area contributed by atoms with E-state index in [-0.39, 0.29) is 0 Å². The van der Waals surface area contributed by atoms with E-state index in [1.807, 2.05) is 36.4 Å². The van der Waals surface area contributed by atoms with Crippen molar-refractivity contribution in [2.45, 2.75) is 12.8 Å². The maximum absolute atomic E-state index is 8.83. The van der Waals surface area contributed by atoms with E-state index in [4.69, 9.17) is 10.5 Å². The third-order valence-corrected chi connectivity index (χ3v) is 2.81. The predicted octanol–water partition coefficient (Wildman–Crippen LogP) is 3.22. The van der Waals surface area contributed by atoms with Gasteiger partial charge in [-0.15, -0.1) is 0 Å². The van der Waals surface area contributed by atoms with Crippen molar-refractivity contribution in [1.29, 1.82) is 10.5 Å². The predicted molar refractivity (Wildman–Crippen MR) is 69.7 cm³/mol. The molecule has 0 saturated heterocycles. The molecular formula is C16H12N2. The van der Waals surface area contributed by atoms with E-state index in [0.717, 1.165) is 24.0 Å². The van der Waals surface area contributed by atoms with Crippen LogP contribution in [-0.4, -0.2) is 0 Å². The molecule has 0 fully saturated rings. The normalized spacial score (nSPS) is 9.44. The number of aryl methyl sites for hydroxylation is 2. The van der Waals surface area contributed by atoms with Gasteiger partial charge in [0, 0.05) is 0 Å². The molecule has 0 aliphatic heterocycles. The minimum atomic E-state index is 0.693.